The highest BCUT2D eigenvalue weighted by molar-refractivity contribution is 6.00. The van der Waals surface area contributed by atoms with Crippen LogP contribution in [0.1, 0.15) is 12.0 Å². The van der Waals surface area contributed by atoms with Crippen molar-refractivity contribution in [3.8, 4) is 5.75 Å². The molecule has 1 amide bonds. The third kappa shape index (κ3) is 2.97. The summed E-state index contributed by atoms with van der Waals surface area (Å²) < 4.78 is 0. The van der Waals surface area contributed by atoms with Crippen molar-refractivity contribution in [1.82, 2.24) is 5.32 Å². The van der Waals surface area contributed by atoms with Crippen molar-refractivity contribution < 1.29 is 9.90 Å². The van der Waals surface area contributed by atoms with Crippen molar-refractivity contribution in [3.05, 3.63) is 23.8 Å². The second-order valence-electron chi connectivity index (χ2n) is 4.31. The number of amidine groups is 1. The van der Waals surface area contributed by atoms with Gasteiger partial charge in [0.05, 0.1) is 11.6 Å². The van der Waals surface area contributed by atoms with Gasteiger partial charge in [-0.25, -0.2) is 0 Å². The highest BCUT2D eigenvalue weighted by Gasteiger charge is 2.28. The SMILES string of the molecule is CN(C(=O)[C@@H]1CCN1)c1ccc(C(=N)N)c(O)c1.Cl. The number of nitrogen functional groups attached to an aromatic ring is 1. The van der Waals surface area contributed by atoms with Crippen LogP contribution in [-0.2, 0) is 4.79 Å². The van der Waals surface area contributed by atoms with Gasteiger partial charge in [0.1, 0.15) is 11.6 Å². The van der Waals surface area contributed by atoms with Crippen LogP contribution in [0.4, 0.5) is 5.69 Å². The molecule has 6 nitrogen and oxygen atoms in total. The van der Waals surface area contributed by atoms with E-state index in [0.29, 0.717) is 5.69 Å². The molecule has 0 bridgehead atoms. The molecule has 2 rings (SSSR count). The zero-order chi connectivity index (χ0) is 13.3. The number of nitrogens with two attached hydrogens (primary N) is 1. The topological polar surface area (TPSA) is 102 Å². The molecule has 0 saturated carbocycles. The highest BCUT2D eigenvalue weighted by atomic mass is 35.5. The van der Waals surface area contributed by atoms with E-state index in [4.69, 9.17) is 11.1 Å². The van der Waals surface area contributed by atoms with E-state index in [1.54, 1.807) is 13.1 Å². The quantitative estimate of drug-likeness (QED) is 0.477. The Morgan fingerprint density at radius 1 is 1.58 bits per heavy atom. The van der Waals surface area contributed by atoms with Crippen LogP contribution in [0.3, 0.4) is 0 Å². The fourth-order valence-electron chi connectivity index (χ4n) is 1.82. The zero-order valence-electron chi connectivity index (χ0n) is 10.5. The molecule has 19 heavy (non-hydrogen) atoms. The third-order valence-corrected chi connectivity index (χ3v) is 3.11. The standard InChI is InChI=1S/C12H16N4O2.ClH/c1-16(12(18)9-4-5-15-9)7-2-3-8(11(13)14)10(17)6-7;/h2-3,6,9,15,17H,4-5H2,1H3,(H3,13,14);1H/t9-;/m0./s1. The number of anilines is 1. The van der Waals surface area contributed by atoms with Crippen molar-refractivity contribution in [2.45, 2.75) is 12.5 Å². The number of amides is 1. The van der Waals surface area contributed by atoms with E-state index < -0.39 is 0 Å². The number of nitrogens with zero attached hydrogens (tertiary/aromatic N) is 1. The number of hydrogen-bond donors (Lipinski definition) is 4. The summed E-state index contributed by atoms with van der Waals surface area (Å²) in [4.78, 5) is 13.5. The van der Waals surface area contributed by atoms with Gasteiger partial charge in [0.15, 0.2) is 0 Å². The van der Waals surface area contributed by atoms with Crippen molar-refractivity contribution in [3.63, 3.8) is 0 Å². The Balaban J connectivity index is 0.00000180. The number of phenolic OH excluding ortho intramolecular Hbond substituents is 1. The largest absolute Gasteiger partial charge is 0.507 e. The van der Waals surface area contributed by atoms with Crippen LogP contribution in [0, 0.1) is 5.41 Å². The molecule has 1 aromatic carbocycles. The number of likely N-dealkylation sites (N-methyl/N-ethyl adjacent to an activating group) is 1. The molecular formula is C12H17ClN4O2. The summed E-state index contributed by atoms with van der Waals surface area (Å²) >= 11 is 0. The summed E-state index contributed by atoms with van der Waals surface area (Å²) in [5.74, 6) is -0.328. The van der Waals surface area contributed by atoms with E-state index in [9.17, 15) is 9.90 Å². The maximum Gasteiger partial charge on any atom is 0.243 e. The van der Waals surface area contributed by atoms with Gasteiger partial charge >= 0.3 is 0 Å². The average molecular weight is 285 g/mol. The van der Waals surface area contributed by atoms with E-state index in [0.717, 1.165) is 13.0 Å². The van der Waals surface area contributed by atoms with Gasteiger partial charge in [0.2, 0.25) is 5.91 Å². The Labute approximate surface area is 117 Å². The van der Waals surface area contributed by atoms with E-state index in [2.05, 4.69) is 5.32 Å². The third-order valence-electron chi connectivity index (χ3n) is 3.11. The first kappa shape index (κ1) is 15.3. The van der Waals surface area contributed by atoms with Gasteiger partial charge in [-0.2, -0.15) is 0 Å². The van der Waals surface area contributed by atoms with Gasteiger partial charge in [-0.3, -0.25) is 10.2 Å². The lowest BCUT2D eigenvalue weighted by molar-refractivity contribution is -0.121. The smallest absolute Gasteiger partial charge is 0.243 e. The van der Waals surface area contributed by atoms with Crippen LogP contribution in [0.5, 0.6) is 5.75 Å². The Bertz CT molecular complexity index is 503. The van der Waals surface area contributed by atoms with Crippen molar-refractivity contribution in [1.29, 1.82) is 5.41 Å². The summed E-state index contributed by atoms with van der Waals surface area (Å²) in [6.45, 7) is 0.860. The van der Waals surface area contributed by atoms with Crippen LogP contribution in [0.2, 0.25) is 0 Å². The molecule has 1 saturated heterocycles. The number of benzene rings is 1. The lowest BCUT2D eigenvalue weighted by Crippen LogP contribution is -2.53. The predicted molar refractivity (Wildman–Crippen MR) is 76.2 cm³/mol. The number of hydrogen-bond acceptors (Lipinski definition) is 4. The number of nitrogens with one attached hydrogen (secondary N) is 2. The van der Waals surface area contributed by atoms with Gasteiger partial charge in [-0.15, -0.1) is 12.4 Å². The molecule has 1 aliphatic heterocycles. The molecular weight excluding hydrogens is 268 g/mol. The van der Waals surface area contributed by atoms with E-state index in [1.807, 2.05) is 0 Å². The first-order valence-corrected chi connectivity index (χ1v) is 5.69. The monoisotopic (exact) mass is 284 g/mol. The minimum Gasteiger partial charge on any atom is -0.507 e. The first-order chi connectivity index (χ1) is 8.50. The maximum atomic E-state index is 12.0. The van der Waals surface area contributed by atoms with Crippen LogP contribution in [0.25, 0.3) is 0 Å². The second kappa shape index (κ2) is 5.90. The lowest BCUT2D eigenvalue weighted by atomic mass is 10.1. The van der Waals surface area contributed by atoms with Crippen LogP contribution in [-0.4, -0.2) is 36.5 Å². The van der Waals surface area contributed by atoms with Crippen molar-refractivity contribution >= 4 is 29.8 Å². The molecule has 1 heterocycles. The summed E-state index contributed by atoms with van der Waals surface area (Å²) in [5, 5.41) is 20.0. The lowest BCUT2D eigenvalue weighted by Gasteiger charge is -2.30. The molecule has 1 atom stereocenters. The number of aromatic hydroxyl groups is 1. The van der Waals surface area contributed by atoms with E-state index >= 15 is 0 Å². The molecule has 0 radical (unpaired) electrons. The fourth-order valence-corrected chi connectivity index (χ4v) is 1.82. The molecule has 104 valence electrons. The fraction of sp³-hybridized carbons (Fsp3) is 0.333. The minimum absolute atomic E-state index is 0. The van der Waals surface area contributed by atoms with Crippen molar-refractivity contribution in [2.75, 3.05) is 18.5 Å². The Hall–Kier alpha value is -1.79. The number of rotatable bonds is 3. The molecule has 0 aliphatic carbocycles. The predicted octanol–water partition coefficient (Wildman–Crippen LogP) is 0.423. The van der Waals surface area contributed by atoms with E-state index in [1.165, 1.54) is 17.0 Å². The number of halogens is 1. The van der Waals surface area contributed by atoms with Gasteiger partial charge in [0.25, 0.3) is 0 Å². The molecule has 1 aromatic rings. The molecule has 0 unspecified atom stereocenters. The maximum absolute atomic E-state index is 12.0. The normalized spacial score (nSPS) is 17.0. The summed E-state index contributed by atoms with van der Waals surface area (Å²) in [6, 6.07) is 4.50. The van der Waals surface area contributed by atoms with Gasteiger partial charge in [0, 0.05) is 18.8 Å². The van der Waals surface area contributed by atoms with Crippen molar-refractivity contribution in [2.24, 2.45) is 5.73 Å². The number of carbonyl (C=O) groups excluding carboxylic acids is 1. The molecule has 1 fully saturated rings. The zero-order valence-corrected chi connectivity index (χ0v) is 11.3. The highest BCUT2D eigenvalue weighted by Crippen LogP contribution is 2.24. The summed E-state index contributed by atoms with van der Waals surface area (Å²) in [6.07, 6.45) is 0.834. The van der Waals surface area contributed by atoms with Gasteiger partial charge in [-0.1, -0.05) is 0 Å². The van der Waals surface area contributed by atoms with E-state index in [-0.39, 0.29) is 41.5 Å². The minimum atomic E-state index is -0.200. The summed E-state index contributed by atoms with van der Waals surface area (Å²) in [5.41, 5.74) is 6.16. The average Bonchev–Trinajstić information content (AvgIpc) is 2.24. The van der Waals surface area contributed by atoms with Crippen LogP contribution in [0.15, 0.2) is 18.2 Å². The van der Waals surface area contributed by atoms with Crippen LogP contribution < -0.4 is 16.0 Å². The Kier molecular flexibility index (Phi) is 4.74. The Morgan fingerprint density at radius 2 is 2.21 bits per heavy atom. The second-order valence-corrected chi connectivity index (χ2v) is 4.31. The van der Waals surface area contributed by atoms with Crippen LogP contribution >= 0.6 is 12.4 Å². The molecule has 0 spiro atoms. The first-order valence-electron chi connectivity index (χ1n) is 5.69. The molecule has 5 N–H and O–H groups in total. The van der Waals surface area contributed by atoms with Gasteiger partial charge in [-0.05, 0) is 25.1 Å². The molecule has 0 aromatic heterocycles. The van der Waals surface area contributed by atoms with Gasteiger partial charge < -0.3 is 21.1 Å². The number of carbonyl (C=O) groups is 1. The number of phenols is 1. The molecule has 1 aliphatic rings. The Morgan fingerprint density at radius 3 is 2.63 bits per heavy atom. The molecule has 7 heteroatoms. The summed E-state index contributed by atoms with van der Waals surface area (Å²) in [7, 11) is 1.66.